The lowest BCUT2D eigenvalue weighted by Crippen LogP contribution is -2.44. The van der Waals surface area contributed by atoms with Gasteiger partial charge in [-0.3, -0.25) is 4.79 Å². The Hall–Kier alpha value is -0.730. The first-order valence-corrected chi connectivity index (χ1v) is 7.47. The number of thioether (sulfide) groups is 1. The molecule has 1 aliphatic heterocycles. The molecule has 1 saturated carbocycles. The molecule has 94 valence electrons. The Morgan fingerprint density at radius 2 is 2.18 bits per heavy atom. The Kier molecular flexibility index (Phi) is 4.69. The van der Waals surface area contributed by atoms with Crippen LogP contribution in [0.3, 0.4) is 0 Å². The minimum atomic E-state index is -0.222. The van der Waals surface area contributed by atoms with Crippen molar-refractivity contribution in [3.05, 3.63) is 0 Å². The first-order chi connectivity index (χ1) is 8.31. The van der Waals surface area contributed by atoms with E-state index in [1.807, 2.05) is 0 Å². The van der Waals surface area contributed by atoms with Crippen LogP contribution in [0.4, 0.5) is 0 Å². The van der Waals surface area contributed by atoms with Crippen LogP contribution in [0.15, 0.2) is 0 Å². The number of carbonyl (C=O) groups excluding carboxylic acids is 1. The molecular weight excluding hydrogens is 234 g/mol. The Morgan fingerprint density at radius 1 is 1.41 bits per heavy atom. The lowest BCUT2D eigenvalue weighted by molar-refractivity contribution is -0.129. The number of rotatable bonds is 3. The summed E-state index contributed by atoms with van der Waals surface area (Å²) in [6.07, 6.45) is 6.23. The van der Waals surface area contributed by atoms with Gasteiger partial charge in [-0.25, -0.2) is 0 Å². The molecule has 17 heavy (non-hydrogen) atoms. The average molecular weight is 253 g/mol. The molecule has 0 radical (unpaired) electrons. The number of nitrogens with zero attached hydrogens (tertiary/aromatic N) is 2. The van der Waals surface area contributed by atoms with Crippen molar-refractivity contribution in [2.75, 3.05) is 18.2 Å². The normalized spacial score (nSPS) is 25.8. The summed E-state index contributed by atoms with van der Waals surface area (Å²) in [6.45, 7) is 0.392. The van der Waals surface area contributed by atoms with E-state index in [0.29, 0.717) is 18.5 Å². The lowest BCUT2D eigenvalue weighted by Gasteiger charge is -2.24. The van der Waals surface area contributed by atoms with E-state index in [2.05, 4.69) is 11.4 Å². The van der Waals surface area contributed by atoms with E-state index in [9.17, 15) is 4.79 Å². The van der Waals surface area contributed by atoms with Crippen LogP contribution in [-0.2, 0) is 4.79 Å². The number of hydrogen-bond acceptors (Lipinski definition) is 4. The molecule has 2 aliphatic rings. The maximum atomic E-state index is 12.0. The Bertz CT molecular complexity index is 309. The quantitative estimate of drug-likeness (QED) is 0.824. The number of nitrogens with one attached hydrogen (secondary N) is 1. The number of carbonyl (C=O) groups is 1. The molecule has 2 rings (SSSR count). The van der Waals surface area contributed by atoms with Gasteiger partial charge in [0.2, 0.25) is 5.91 Å². The molecule has 1 atom stereocenters. The van der Waals surface area contributed by atoms with Crippen molar-refractivity contribution in [2.24, 2.45) is 0 Å². The van der Waals surface area contributed by atoms with Crippen molar-refractivity contribution in [1.82, 2.24) is 10.2 Å². The van der Waals surface area contributed by atoms with Crippen LogP contribution in [0.2, 0.25) is 0 Å². The van der Waals surface area contributed by atoms with E-state index in [-0.39, 0.29) is 11.9 Å². The Balaban J connectivity index is 1.75. The molecule has 2 fully saturated rings. The zero-order valence-electron chi connectivity index (χ0n) is 10.0. The third kappa shape index (κ3) is 3.36. The summed E-state index contributed by atoms with van der Waals surface area (Å²) in [4.78, 5) is 13.7. The number of amides is 1. The van der Waals surface area contributed by atoms with Gasteiger partial charge in [0.25, 0.3) is 0 Å². The summed E-state index contributed by atoms with van der Waals surface area (Å²) >= 11 is 1.66. The summed E-state index contributed by atoms with van der Waals surface area (Å²) in [5.41, 5.74) is 0. The van der Waals surface area contributed by atoms with Crippen LogP contribution in [0.5, 0.6) is 0 Å². The molecule has 1 unspecified atom stereocenters. The van der Waals surface area contributed by atoms with Gasteiger partial charge in [-0.2, -0.15) is 5.26 Å². The smallest absolute Gasteiger partial charge is 0.238 e. The highest BCUT2D eigenvalue weighted by Gasteiger charge is 2.29. The first kappa shape index (κ1) is 12.7. The zero-order valence-corrected chi connectivity index (χ0v) is 10.8. The predicted octanol–water partition coefficient (Wildman–Crippen LogP) is 1.33. The van der Waals surface area contributed by atoms with E-state index in [0.717, 1.165) is 5.75 Å². The van der Waals surface area contributed by atoms with Crippen molar-refractivity contribution in [3.63, 3.8) is 0 Å². The Morgan fingerprint density at radius 3 is 2.88 bits per heavy atom. The third-order valence-electron chi connectivity index (χ3n) is 3.50. The van der Waals surface area contributed by atoms with Gasteiger partial charge < -0.3 is 10.2 Å². The van der Waals surface area contributed by atoms with E-state index in [1.54, 1.807) is 16.7 Å². The van der Waals surface area contributed by atoms with Gasteiger partial charge in [-0.05, 0) is 12.8 Å². The fourth-order valence-electron chi connectivity index (χ4n) is 2.44. The molecular formula is C12H19N3OS. The van der Waals surface area contributed by atoms with Crippen molar-refractivity contribution in [2.45, 2.75) is 44.2 Å². The summed E-state index contributed by atoms with van der Waals surface area (Å²) in [5, 5.41) is 12.3. The molecule has 1 N–H and O–H groups in total. The largest absolute Gasteiger partial charge is 0.315 e. The van der Waals surface area contributed by atoms with Crippen LogP contribution in [0, 0.1) is 11.3 Å². The van der Waals surface area contributed by atoms with Crippen LogP contribution in [0.25, 0.3) is 0 Å². The topological polar surface area (TPSA) is 56.1 Å². The van der Waals surface area contributed by atoms with E-state index < -0.39 is 0 Å². The summed E-state index contributed by atoms with van der Waals surface area (Å²) < 4.78 is 0. The fraction of sp³-hybridized carbons (Fsp3) is 0.833. The molecule has 1 amide bonds. The second-order valence-corrected chi connectivity index (χ2v) is 5.72. The van der Waals surface area contributed by atoms with Crippen molar-refractivity contribution < 1.29 is 4.79 Å². The molecule has 4 nitrogen and oxygen atoms in total. The van der Waals surface area contributed by atoms with Crippen LogP contribution >= 0.6 is 11.8 Å². The molecule has 1 heterocycles. The standard InChI is InChI=1S/C12H19N3OS/c13-6-11-8-17-9-15(11)12(16)7-14-10-4-2-1-3-5-10/h10-11,14H,1-5,7-9H2. The molecule has 1 aliphatic carbocycles. The fourth-order valence-corrected chi connectivity index (χ4v) is 3.54. The van der Waals surface area contributed by atoms with Crippen molar-refractivity contribution in [3.8, 4) is 6.07 Å². The van der Waals surface area contributed by atoms with Crippen molar-refractivity contribution in [1.29, 1.82) is 5.26 Å². The molecule has 1 saturated heterocycles. The monoisotopic (exact) mass is 253 g/mol. The zero-order chi connectivity index (χ0) is 12.1. The third-order valence-corrected chi connectivity index (χ3v) is 4.51. The lowest BCUT2D eigenvalue weighted by atomic mass is 9.95. The number of nitriles is 1. The van der Waals surface area contributed by atoms with Gasteiger partial charge in [0.15, 0.2) is 0 Å². The second kappa shape index (κ2) is 6.27. The van der Waals surface area contributed by atoms with Crippen LogP contribution < -0.4 is 5.32 Å². The maximum Gasteiger partial charge on any atom is 0.238 e. The van der Waals surface area contributed by atoms with E-state index in [1.165, 1.54) is 32.1 Å². The first-order valence-electron chi connectivity index (χ1n) is 6.31. The highest BCUT2D eigenvalue weighted by Crippen LogP contribution is 2.20. The summed E-state index contributed by atoms with van der Waals surface area (Å²) in [7, 11) is 0. The SMILES string of the molecule is N#CC1CSCN1C(=O)CNC1CCCCC1. The highest BCUT2D eigenvalue weighted by molar-refractivity contribution is 7.99. The molecule has 0 aromatic heterocycles. The average Bonchev–Trinajstić information content (AvgIpc) is 2.85. The van der Waals surface area contributed by atoms with Crippen LogP contribution in [0.1, 0.15) is 32.1 Å². The van der Waals surface area contributed by atoms with Gasteiger partial charge in [-0.15, -0.1) is 11.8 Å². The Labute approximate surface area is 107 Å². The minimum Gasteiger partial charge on any atom is -0.315 e. The molecule has 0 aromatic rings. The van der Waals surface area contributed by atoms with Gasteiger partial charge in [0, 0.05) is 11.8 Å². The highest BCUT2D eigenvalue weighted by atomic mass is 32.2. The molecule has 0 spiro atoms. The molecule has 5 heteroatoms. The molecule has 0 bridgehead atoms. The minimum absolute atomic E-state index is 0.0760. The second-order valence-electron chi connectivity index (χ2n) is 4.72. The summed E-state index contributed by atoms with van der Waals surface area (Å²) in [6, 6.07) is 2.47. The van der Waals surface area contributed by atoms with Gasteiger partial charge in [0.05, 0.1) is 18.5 Å². The van der Waals surface area contributed by atoms with Gasteiger partial charge in [-0.1, -0.05) is 19.3 Å². The van der Waals surface area contributed by atoms with Crippen molar-refractivity contribution >= 4 is 17.7 Å². The molecule has 0 aromatic carbocycles. The summed E-state index contributed by atoms with van der Waals surface area (Å²) in [5.74, 6) is 1.50. The number of hydrogen-bond donors (Lipinski definition) is 1. The van der Waals surface area contributed by atoms with E-state index in [4.69, 9.17) is 5.26 Å². The maximum absolute atomic E-state index is 12.0. The van der Waals surface area contributed by atoms with Crippen LogP contribution in [-0.4, -0.2) is 41.1 Å². The predicted molar refractivity (Wildman–Crippen MR) is 68.4 cm³/mol. The van der Waals surface area contributed by atoms with Gasteiger partial charge >= 0.3 is 0 Å². The van der Waals surface area contributed by atoms with Gasteiger partial charge in [0.1, 0.15) is 6.04 Å². The van der Waals surface area contributed by atoms with E-state index >= 15 is 0 Å².